The summed E-state index contributed by atoms with van der Waals surface area (Å²) in [5, 5.41) is 9.24. The smallest absolute Gasteiger partial charge is 0.102 e. The van der Waals surface area contributed by atoms with Crippen LogP contribution in [-0.2, 0) is 6.42 Å². The van der Waals surface area contributed by atoms with Crippen LogP contribution in [-0.4, -0.2) is 9.97 Å². The highest BCUT2D eigenvalue weighted by molar-refractivity contribution is 5.88. The quantitative estimate of drug-likeness (QED) is 0.447. The minimum absolute atomic E-state index is 0.495. The van der Waals surface area contributed by atoms with Crippen molar-refractivity contribution < 1.29 is 0 Å². The highest BCUT2D eigenvalue weighted by atomic mass is 14.7. The molecule has 3 aromatic rings. The molecule has 3 rings (SSSR count). The summed E-state index contributed by atoms with van der Waals surface area (Å²) in [6.07, 6.45) is 6.51. The molecule has 2 heterocycles. The molecule has 0 atom stereocenters. The van der Waals surface area contributed by atoms with E-state index in [4.69, 9.17) is 5.73 Å². The Balaban J connectivity index is 0.000000318. The normalized spacial score (nSPS) is 10.8. The topological polar surface area (TPSA) is 75.6 Å². The molecule has 1 aromatic carbocycles. The lowest BCUT2D eigenvalue weighted by Crippen LogP contribution is -2.02. The van der Waals surface area contributed by atoms with Gasteiger partial charge in [0.25, 0.3) is 0 Å². The first-order chi connectivity index (χ1) is 15.3. The minimum atomic E-state index is 0.495. The SMILES string of the molecule is CC.CC/C(N)=C(/C#N)c1cnc2cccnc2c1C.CCCc1ccc(C)c(C)c1C. The highest BCUT2D eigenvalue weighted by Crippen LogP contribution is 2.25. The molecular weight excluding hydrogens is 392 g/mol. The third-order valence-corrected chi connectivity index (χ3v) is 5.65. The summed E-state index contributed by atoms with van der Waals surface area (Å²) in [5.74, 6) is 0. The van der Waals surface area contributed by atoms with Crippen molar-refractivity contribution in [3.63, 3.8) is 0 Å². The average Bonchev–Trinajstić information content (AvgIpc) is 2.83. The first-order valence-electron chi connectivity index (χ1n) is 11.5. The van der Waals surface area contributed by atoms with Crippen LogP contribution in [0.3, 0.4) is 0 Å². The largest absolute Gasteiger partial charge is 0.401 e. The van der Waals surface area contributed by atoms with Crippen LogP contribution in [0.5, 0.6) is 0 Å². The number of fused-ring (bicyclic) bond motifs is 1. The fraction of sp³-hybridized carbons (Fsp3) is 0.393. The van der Waals surface area contributed by atoms with E-state index in [1.165, 1.54) is 35.1 Å². The van der Waals surface area contributed by atoms with Crippen molar-refractivity contribution in [3.8, 4) is 6.07 Å². The summed E-state index contributed by atoms with van der Waals surface area (Å²) in [4.78, 5) is 8.63. The summed E-state index contributed by atoms with van der Waals surface area (Å²) in [6, 6.07) is 10.4. The third-order valence-electron chi connectivity index (χ3n) is 5.65. The molecule has 0 fully saturated rings. The van der Waals surface area contributed by atoms with Crippen LogP contribution in [0.25, 0.3) is 16.6 Å². The Bertz CT molecular complexity index is 1100. The zero-order valence-electron chi connectivity index (χ0n) is 21.0. The number of hydrogen-bond donors (Lipinski definition) is 1. The van der Waals surface area contributed by atoms with Gasteiger partial charge in [0.2, 0.25) is 0 Å². The molecule has 0 amide bonds. The highest BCUT2D eigenvalue weighted by Gasteiger charge is 2.12. The third kappa shape index (κ3) is 6.40. The molecule has 4 nitrogen and oxygen atoms in total. The summed E-state index contributed by atoms with van der Waals surface area (Å²) < 4.78 is 0. The van der Waals surface area contributed by atoms with Gasteiger partial charge in [0.15, 0.2) is 0 Å². The molecule has 0 saturated heterocycles. The lowest BCUT2D eigenvalue weighted by molar-refractivity contribution is 0.908. The fourth-order valence-electron chi connectivity index (χ4n) is 3.43. The standard InChI is InChI=1S/C14H14N4.C12H18.C2H6/c1-3-12(16)10(7-15)11-8-18-13-5-4-6-17-14(13)9(11)2;1-5-6-12-8-7-9(2)10(3)11(12)4;1-2/h4-6,8H,3,16H2,1-2H3;7-8H,5-6H2,1-4H3;1-2H3/b12-10+;;. The van der Waals surface area contributed by atoms with Gasteiger partial charge in [-0.2, -0.15) is 5.26 Å². The molecule has 0 aliphatic rings. The number of nitrogens with two attached hydrogens (primary N) is 1. The van der Waals surface area contributed by atoms with E-state index in [-0.39, 0.29) is 0 Å². The molecule has 2 N–H and O–H groups in total. The number of aryl methyl sites for hydroxylation is 3. The van der Waals surface area contributed by atoms with Crippen LogP contribution in [0.2, 0.25) is 0 Å². The molecule has 0 spiro atoms. The predicted octanol–water partition coefficient (Wildman–Crippen LogP) is 7.13. The van der Waals surface area contributed by atoms with Crippen LogP contribution >= 0.6 is 0 Å². The second-order valence-corrected chi connectivity index (χ2v) is 7.58. The van der Waals surface area contributed by atoms with E-state index >= 15 is 0 Å². The van der Waals surface area contributed by atoms with E-state index in [1.807, 2.05) is 39.8 Å². The molecule has 0 saturated carbocycles. The fourth-order valence-corrected chi connectivity index (χ4v) is 3.43. The second-order valence-electron chi connectivity index (χ2n) is 7.58. The summed E-state index contributed by atoms with van der Waals surface area (Å²) in [7, 11) is 0. The van der Waals surface area contributed by atoms with Crippen molar-refractivity contribution in [2.45, 2.75) is 74.7 Å². The van der Waals surface area contributed by atoms with Gasteiger partial charge in [0.1, 0.15) is 6.07 Å². The number of pyridine rings is 2. The zero-order valence-corrected chi connectivity index (χ0v) is 21.0. The summed E-state index contributed by atoms with van der Waals surface area (Å²) >= 11 is 0. The van der Waals surface area contributed by atoms with Crippen LogP contribution in [0, 0.1) is 39.0 Å². The van der Waals surface area contributed by atoms with E-state index in [9.17, 15) is 5.26 Å². The van der Waals surface area contributed by atoms with Gasteiger partial charge in [-0.1, -0.05) is 46.2 Å². The Morgan fingerprint density at radius 1 is 0.969 bits per heavy atom. The number of allylic oxidation sites excluding steroid dienone is 2. The van der Waals surface area contributed by atoms with Gasteiger partial charge in [-0.25, -0.2) is 0 Å². The van der Waals surface area contributed by atoms with Gasteiger partial charge in [0, 0.05) is 23.7 Å². The van der Waals surface area contributed by atoms with Crippen LogP contribution in [0.15, 0.2) is 42.4 Å². The number of nitrogens with zero attached hydrogens (tertiary/aromatic N) is 3. The molecule has 0 aliphatic heterocycles. The van der Waals surface area contributed by atoms with Crippen molar-refractivity contribution >= 4 is 16.6 Å². The van der Waals surface area contributed by atoms with E-state index < -0.39 is 0 Å². The molecule has 0 bridgehead atoms. The van der Waals surface area contributed by atoms with Crippen molar-refractivity contribution in [1.82, 2.24) is 9.97 Å². The Kier molecular flexibility index (Phi) is 11.1. The predicted molar refractivity (Wildman–Crippen MR) is 137 cm³/mol. The van der Waals surface area contributed by atoms with Crippen LogP contribution in [0.1, 0.15) is 73.9 Å². The lowest BCUT2D eigenvalue weighted by Gasteiger charge is -2.09. The van der Waals surface area contributed by atoms with Crippen molar-refractivity contribution in [2.75, 3.05) is 0 Å². The Labute approximate surface area is 194 Å². The molecule has 0 radical (unpaired) electrons. The molecule has 32 heavy (non-hydrogen) atoms. The van der Waals surface area contributed by atoms with Gasteiger partial charge < -0.3 is 5.73 Å². The monoisotopic (exact) mass is 430 g/mol. The van der Waals surface area contributed by atoms with Crippen molar-refractivity contribution in [3.05, 3.63) is 75.7 Å². The Hall–Kier alpha value is -3.19. The minimum Gasteiger partial charge on any atom is -0.401 e. The molecule has 0 unspecified atom stereocenters. The lowest BCUT2D eigenvalue weighted by atomic mass is 9.96. The molecule has 170 valence electrons. The van der Waals surface area contributed by atoms with E-state index in [1.54, 1.807) is 12.4 Å². The maximum atomic E-state index is 9.24. The molecule has 4 heteroatoms. The van der Waals surface area contributed by atoms with E-state index in [2.05, 4.69) is 55.9 Å². The number of nitriles is 1. The van der Waals surface area contributed by atoms with Crippen LogP contribution in [0.4, 0.5) is 0 Å². The van der Waals surface area contributed by atoms with Gasteiger partial charge in [-0.05, 0) is 80.5 Å². The first kappa shape index (κ1) is 26.8. The zero-order chi connectivity index (χ0) is 24.3. The van der Waals surface area contributed by atoms with Gasteiger partial charge in [-0.3, -0.25) is 9.97 Å². The number of hydrogen-bond acceptors (Lipinski definition) is 4. The Morgan fingerprint density at radius 2 is 1.66 bits per heavy atom. The van der Waals surface area contributed by atoms with E-state index in [0.717, 1.165) is 22.2 Å². The Morgan fingerprint density at radius 3 is 2.25 bits per heavy atom. The van der Waals surface area contributed by atoms with Crippen LogP contribution < -0.4 is 5.73 Å². The molecular formula is C28H38N4. The number of benzene rings is 1. The van der Waals surface area contributed by atoms with Gasteiger partial charge >= 0.3 is 0 Å². The maximum absolute atomic E-state index is 9.24. The average molecular weight is 431 g/mol. The maximum Gasteiger partial charge on any atom is 0.102 e. The molecule has 2 aromatic heterocycles. The molecule has 0 aliphatic carbocycles. The number of aromatic nitrogens is 2. The van der Waals surface area contributed by atoms with E-state index in [0.29, 0.717) is 17.7 Å². The number of rotatable bonds is 4. The summed E-state index contributed by atoms with van der Waals surface area (Å²) in [5.41, 5.74) is 16.2. The first-order valence-corrected chi connectivity index (χ1v) is 11.5. The second kappa shape index (κ2) is 13.3. The van der Waals surface area contributed by atoms with Crippen molar-refractivity contribution in [1.29, 1.82) is 5.26 Å². The van der Waals surface area contributed by atoms with Gasteiger partial charge in [-0.15, -0.1) is 0 Å². The van der Waals surface area contributed by atoms with Gasteiger partial charge in [0.05, 0.1) is 16.6 Å². The van der Waals surface area contributed by atoms with Crippen molar-refractivity contribution in [2.24, 2.45) is 5.73 Å². The summed E-state index contributed by atoms with van der Waals surface area (Å²) in [6.45, 7) is 16.7.